The van der Waals surface area contributed by atoms with E-state index in [-0.39, 0.29) is 11.3 Å². The van der Waals surface area contributed by atoms with Gasteiger partial charge in [-0.1, -0.05) is 65.9 Å². The van der Waals surface area contributed by atoms with Crippen molar-refractivity contribution < 1.29 is 4.74 Å². The van der Waals surface area contributed by atoms with Gasteiger partial charge in [-0.2, -0.15) is 0 Å². The average molecular weight is 308 g/mol. The van der Waals surface area contributed by atoms with Gasteiger partial charge in [-0.25, -0.2) is 0 Å². The summed E-state index contributed by atoms with van der Waals surface area (Å²) in [6.45, 7) is 13.8. The number of ether oxygens (including phenoxy) is 1. The summed E-state index contributed by atoms with van der Waals surface area (Å²) in [5, 5.41) is 0. The molecule has 1 aromatic carbocycles. The first-order chi connectivity index (χ1) is 9.68. The molecular weight excluding hydrogens is 278 g/mol. The molecule has 2 unspecified atom stereocenters. The van der Waals surface area contributed by atoms with E-state index >= 15 is 0 Å². The van der Waals surface area contributed by atoms with Gasteiger partial charge in [0.2, 0.25) is 0 Å². The minimum atomic E-state index is 0.0469. The maximum absolute atomic E-state index is 5.91. The van der Waals surface area contributed by atoms with Gasteiger partial charge in [0.05, 0.1) is 11.6 Å². The predicted molar refractivity (Wildman–Crippen MR) is 95.3 cm³/mol. The quantitative estimate of drug-likeness (QED) is 0.767. The van der Waals surface area contributed by atoms with Gasteiger partial charge >= 0.3 is 0 Å². The fraction of sp³-hybridized carbons (Fsp3) is 0.611. The lowest BCUT2D eigenvalue weighted by Gasteiger charge is -2.26. The highest BCUT2D eigenvalue weighted by Crippen LogP contribution is 2.35. The van der Waals surface area contributed by atoms with Crippen LogP contribution in [0, 0.1) is 5.92 Å². The van der Waals surface area contributed by atoms with Crippen molar-refractivity contribution >= 4 is 17.2 Å². The summed E-state index contributed by atoms with van der Waals surface area (Å²) in [6.07, 6.45) is 1.01. The van der Waals surface area contributed by atoms with Gasteiger partial charge in [0, 0.05) is 5.92 Å². The SMILES string of the molecule is CCCOc1ccc(C(C)C(C)C(N)=S)cc1C(C)(C)C. The number of benzene rings is 1. The van der Waals surface area contributed by atoms with Crippen molar-refractivity contribution in [3.63, 3.8) is 0 Å². The molecule has 0 aliphatic rings. The molecule has 118 valence electrons. The predicted octanol–water partition coefficient (Wildman–Crippen LogP) is 4.80. The molecule has 0 aromatic heterocycles. The van der Waals surface area contributed by atoms with Crippen molar-refractivity contribution in [1.29, 1.82) is 0 Å². The molecule has 0 amide bonds. The third-order valence-electron chi connectivity index (χ3n) is 4.00. The highest BCUT2D eigenvalue weighted by Gasteiger charge is 2.23. The Morgan fingerprint density at radius 1 is 1.29 bits per heavy atom. The van der Waals surface area contributed by atoms with E-state index in [1.54, 1.807) is 0 Å². The monoisotopic (exact) mass is 307 g/mol. The van der Waals surface area contributed by atoms with Gasteiger partial charge in [-0.3, -0.25) is 0 Å². The molecular formula is C18H29NOS. The van der Waals surface area contributed by atoms with Crippen molar-refractivity contribution in [2.24, 2.45) is 11.7 Å². The summed E-state index contributed by atoms with van der Waals surface area (Å²) in [7, 11) is 0. The zero-order chi connectivity index (χ0) is 16.2. The van der Waals surface area contributed by atoms with Gasteiger partial charge in [0.1, 0.15) is 5.75 Å². The summed E-state index contributed by atoms with van der Waals surface area (Å²) in [6, 6.07) is 6.48. The van der Waals surface area contributed by atoms with Crippen molar-refractivity contribution in [2.75, 3.05) is 6.61 Å². The van der Waals surface area contributed by atoms with Crippen molar-refractivity contribution in [3.8, 4) is 5.75 Å². The molecule has 0 heterocycles. The maximum atomic E-state index is 5.91. The topological polar surface area (TPSA) is 35.2 Å². The highest BCUT2D eigenvalue weighted by atomic mass is 32.1. The van der Waals surface area contributed by atoms with Crippen LogP contribution >= 0.6 is 12.2 Å². The Balaban J connectivity index is 3.18. The van der Waals surface area contributed by atoms with E-state index in [1.807, 2.05) is 0 Å². The Morgan fingerprint density at radius 2 is 1.90 bits per heavy atom. The zero-order valence-corrected chi connectivity index (χ0v) is 15.0. The molecule has 0 radical (unpaired) electrons. The van der Waals surface area contributed by atoms with Crippen LogP contribution in [0.5, 0.6) is 5.75 Å². The first kappa shape index (κ1) is 18.0. The maximum Gasteiger partial charge on any atom is 0.123 e. The molecule has 0 bridgehead atoms. The molecule has 0 aliphatic carbocycles. The molecule has 2 atom stereocenters. The van der Waals surface area contributed by atoms with Crippen LogP contribution in [0.2, 0.25) is 0 Å². The molecule has 0 saturated heterocycles. The zero-order valence-electron chi connectivity index (χ0n) is 14.2. The Bertz CT molecular complexity index is 490. The minimum absolute atomic E-state index is 0.0469. The van der Waals surface area contributed by atoms with Crippen LogP contribution in [-0.2, 0) is 5.41 Å². The number of nitrogens with two attached hydrogens (primary N) is 1. The molecule has 1 rings (SSSR count). The molecule has 3 heteroatoms. The summed E-state index contributed by atoms with van der Waals surface area (Å²) in [5.74, 6) is 1.49. The van der Waals surface area contributed by atoms with Crippen molar-refractivity contribution in [2.45, 2.75) is 59.3 Å². The Kier molecular flexibility index (Phi) is 6.21. The summed E-state index contributed by atoms with van der Waals surface area (Å²) in [5.41, 5.74) is 8.36. The average Bonchev–Trinajstić information content (AvgIpc) is 2.42. The van der Waals surface area contributed by atoms with Gasteiger partial charge in [-0.05, 0) is 34.9 Å². The van der Waals surface area contributed by atoms with Crippen LogP contribution in [0.1, 0.15) is 65.0 Å². The number of rotatable bonds is 6. The van der Waals surface area contributed by atoms with E-state index < -0.39 is 0 Å². The van der Waals surface area contributed by atoms with E-state index in [4.69, 9.17) is 22.7 Å². The van der Waals surface area contributed by atoms with Gasteiger partial charge in [0.25, 0.3) is 0 Å². The lowest BCUT2D eigenvalue weighted by molar-refractivity contribution is 0.308. The van der Waals surface area contributed by atoms with Crippen LogP contribution in [0.3, 0.4) is 0 Å². The lowest BCUT2D eigenvalue weighted by atomic mass is 9.81. The Labute approximate surface area is 135 Å². The fourth-order valence-electron chi connectivity index (χ4n) is 2.29. The lowest BCUT2D eigenvalue weighted by Crippen LogP contribution is -2.23. The first-order valence-electron chi connectivity index (χ1n) is 7.75. The smallest absolute Gasteiger partial charge is 0.123 e. The van der Waals surface area contributed by atoms with E-state index in [9.17, 15) is 0 Å². The molecule has 2 N–H and O–H groups in total. The molecule has 0 aliphatic heterocycles. The largest absolute Gasteiger partial charge is 0.493 e. The van der Waals surface area contributed by atoms with Crippen LogP contribution in [0.4, 0.5) is 0 Å². The minimum Gasteiger partial charge on any atom is -0.493 e. The number of hydrogen-bond donors (Lipinski definition) is 1. The molecule has 0 spiro atoms. The van der Waals surface area contributed by atoms with Crippen LogP contribution in [-0.4, -0.2) is 11.6 Å². The standard InChI is InChI=1S/C18H29NOS/c1-7-10-20-16-9-8-14(11-15(16)18(4,5)6)12(2)13(3)17(19)21/h8-9,11-13H,7,10H2,1-6H3,(H2,19,21). The van der Waals surface area contributed by atoms with Gasteiger partial charge in [-0.15, -0.1) is 0 Å². The normalized spacial score (nSPS) is 14.6. The third-order valence-corrected chi connectivity index (χ3v) is 4.37. The van der Waals surface area contributed by atoms with Crippen LogP contribution in [0.25, 0.3) is 0 Å². The fourth-order valence-corrected chi connectivity index (χ4v) is 2.49. The van der Waals surface area contributed by atoms with Crippen molar-refractivity contribution in [3.05, 3.63) is 29.3 Å². The second-order valence-electron chi connectivity index (χ2n) is 6.83. The molecule has 0 saturated carbocycles. The van der Waals surface area contributed by atoms with Crippen LogP contribution in [0.15, 0.2) is 18.2 Å². The third kappa shape index (κ3) is 4.70. The van der Waals surface area contributed by atoms with E-state index in [0.29, 0.717) is 10.9 Å². The first-order valence-corrected chi connectivity index (χ1v) is 8.15. The van der Waals surface area contributed by atoms with E-state index in [2.05, 4.69) is 59.7 Å². The van der Waals surface area contributed by atoms with E-state index in [0.717, 1.165) is 18.8 Å². The van der Waals surface area contributed by atoms with Crippen molar-refractivity contribution in [1.82, 2.24) is 0 Å². The van der Waals surface area contributed by atoms with E-state index in [1.165, 1.54) is 11.1 Å². The second-order valence-corrected chi connectivity index (χ2v) is 7.31. The van der Waals surface area contributed by atoms with Crippen LogP contribution < -0.4 is 10.5 Å². The summed E-state index contributed by atoms with van der Waals surface area (Å²) < 4.78 is 5.91. The van der Waals surface area contributed by atoms with Gasteiger partial charge < -0.3 is 10.5 Å². The Hall–Kier alpha value is -1.09. The molecule has 2 nitrogen and oxygen atoms in total. The Morgan fingerprint density at radius 3 is 2.38 bits per heavy atom. The molecule has 0 fully saturated rings. The number of hydrogen-bond acceptors (Lipinski definition) is 2. The number of thiocarbonyl (C=S) groups is 1. The molecule has 1 aromatic rings. The second kappa shape index (κ2) is 7.26. The molecule has 21 heavy (non-hydrogen) atoms. The summed E-state index contributed by atoms with van der Waals surface area (Å²) in [4.78, 5) is 0.575. The highest BCUT2D eigenvalue weighted by molar-refractivity contribution is 7.80. The summed E-state index contributed by atoms with van der Waals surface area (Å²) >= 11 is 5.14. The van der Waals surface area contributed by atoms with Gasteiger partial charge in [0.15, 0.2) is 0 Å².